The Morgan fingerprint density at radius 3 is 2.53 bits per heavy atom. The van der Waals surface area contributed by atoms with Gasteiger partial charge in [-0.1, -0.05) is 13.8 Å². The van der Waals surface area contributed by atoms with Gasteiger partial charge in [0.05, 0.1) is 5.56 Å². The van der Waals surface area contributed by atoms with E-state index in [-0.39, 0.29) is 0 Å². The standard InChI is InChI=1S/C10H12N2O.C2H6/c1-6-9(7-2-3-7)4-8(5-12-6)10(11)13;1-2/h4-5,7H,2-3H2,1H3,(H2,11,13);1-2H3. The van der Waals surface area contributed by atoms with Crippen LogP contribution in [0.15, 0.2) is 12.3 Å². The van der Waals surface area contributed by atoms with Gasteiger partial charge in [0.25, 0.3) is 0 Å². The minimum absolute atomic E-state index is 0.394. The number of primary amides is 1. The van der Waals surface area contributed by atoms with Gasteiger partial charge in [-0.15, -0.1) is 0 Å². The van der Waals surface area contributed by atoms with Crippen LogP contribution in [0.2, 0.25) is 0 Å². The summed E-state index contributed by atoms with van der Waals surface area (Å²) in [5.41, 5.74) is 7.91. The van der Waals surface area contributed by atoms with Gasteiger partial charge in [-0.2, -0.15) is 0 Å². The molecule has 1 aromatic rings. The van der Waals surface area contributed by atoms with Gasteiger partial charge in [0, 0.05) is 11.9 Å². The summed E-state index contributed by atoms with van der Waals surface area (Å²) in [5.74, 6) is 0.223. The predicted molar refractivity (Wildman–Crippen MR) is 60.8 cm³/mol. The third-order valence-corrected chi connectivity index (χ3v) is 2.43. The van der Waals surface area contributed by atoms with Crippen molar-refractivity contribution in [2.24, 2.45) is 5.73 Å². The summed E-state index contributed by atoms with van der Waals surface area (Å²) in [4.78, 5) is 15.1. The number of hydrogen-bond donors (Lipinski definition) is 1. The van der Waals surface area contributed by atoms with Crippen LogP contribution in [0.25, 0.3) is 0 Å². The Labute approximate surface area is 90.7 Å². The van der Waals surface area contributed by atoms with Crippen molar-refractivity contribution in [3.05, 3.63) is 29.1 Å². The van der Waals surface area contributed by atoms with Crippen LogP contribution >= 0.6 is 0 Å². The highest BCUT2D eigenvalue weighted by Gasteiger charge is 2.26. The minimum atomic E-state index is -0.394. The number of pyridine rings is 1. The molecule has 1 heterocycles. The van der Waals surface area contributed by atoms with Crippen LogP contribution in [-0.2, 0) is 0 Å². The van der Waals surface area contributed by atoms with Crippen molar-refractivity contribution in [2.45, 2.75) is 39.5 Å². The highest BCUT2D eigenvalue weighted by atomic mass is 16.1. The van der Waals surface area contributed by atoms with Crippen molar-refractivity contribution in [1.29, 1.82) is 0 Å². The third kappa shape index (κ3) is 2.78. The van der Waals surface area contributed by atoms with Crippen molar-refractivity contribution in [3.8, 4) is 0 Å². The molecule has 0 bridgehead atoms. The molecular formula is C12H18N2O. The first kappa shape index (κ1) is 11.7. The maximum Gasteiger partial charge on any atom is 0.250 e. The molecule has 2 N–H and O–H groups in total. The minimum Gasteiger partial charge on any atom is -0.366 e. The quantitative estimate of drug-likeness (QED) is 0.807. The molecule has 0 atom stereocenters. The molecule has 0 unspecified atom stereocenters. The van der Waals surface area contributed by atoms with Crippen LogP contribution in [0.1, 0.15) is 54.2 Å². The first-order chi connectivity index (χ1) is 7.18. The molecule has 0 radical (unpaired) electrons. The van der Waals surface area contributed by atoms with E-state index in [0.717, 1.165) is 5.69 Å². The molecule has 0 aliphatic heterocycles. The van der Waals surface area contributed by atoms with E-state index < -0.39 is 5.91 Å². The molecule has 3 heteroatoms. The summed E-state index contributed by atoms with van der Waals surface area (Å²) in [6, 6.07) is 1.88. The number of rotatable bonds is 2. The van der Waals surface area contributed by atoms with Gasteiger partial charge in [0.15, 0.2) is 0 Å². The van der Waals surface area contributed by atoms with Crippen molar-refractivity contribution in [1.82, 2.24) is 4.98 Å². The van der Waals surface area contributed by atoms with Gasteiger partial charge in [-0.25, -0.2) is 0 Å². The monoisotopic (exact) mass is 206 g/mol. The summed E-state index contributed by atoms with van der Waals surface area (Å²) < 4.78 is 0. The van der Waals surface area contributed by atoms with E-state index in [0.29, 0.717) is 11.5 Å². The molecule has 82 valence electrons. The summed E-state index contributed by atoms with van der Waals surface area (Å²) in [6.45, 7) is 5.97. The lowest BCUT2D eigenvalue weighted by atomic mass is 10.1. The highest BCUT2D eigenvalue weighted by molar-refractivity contribution is 5.92. The number of carbonyl (C=O) groups is 1. The molecule has 1 saturated carbocycles. The first-order valence-corrected chi connectivity index (χ1v) is 5.45. The van der Waals surface area contributed by atoms with E-state index in [4.69, 9.17) is 5.73 Å². The average Bonchev–Trinajstić information content (AvgIpc) is 3.05. The second-order valence-electron chi connectivity index (χ2n) is 3.54. The molecule has 0 saturated heterocycles. The number of aryl methyl sites for hydroxylation is 1. The number of amides is 1. The van der Waals surface area contributed by atoms with Gasteiger partial charge >= 0.3 is 0 Å². The lowest BCUT2D eigenvalue weighted by Gasteiger charge is -2.03. The fourth-order valence-electron chi connectivity index (χ4n) is 1.49. The normalized spacial score (nSPS) is 14.1. The van der Waals surface area contributed by atoms with Crippen LogP contribution in [0.4, 0.5) is 0 Å². The van der Waals surface area contributed by atoms with E-state index in [1.54, 1.807) is 6.20 Å². The van der Waals surface area contributed by atoms with Crippen molar-refractivity contribution in [2.75, 3.05) is 0 Å². The summed E-state index contributed by atoms with van der Waals surface area (Å²) in [5, 5.41) is 0. The van der Waals surface area contributed by atoms with Crippen LogP contribution < -0.4 is 5.73 Å². The second kappa shape index (κ2) is 4.91. The van der Waals surface area contributed by atoms with Crippen molar-refractivity contribution in [3.63, 3.8) is 0 Å². The van der Waals surface area contributed by atoms with E-state index in [1.165, 1.54) is 18.4 Å². The first-order valence-electron chi connectivity index (χ1n) is 5.45. The average molecular weight is 206 g/mol. The number of aromatic nitrogens is 1. The van der Waals surface area contributed by atoms with Crippen LogP contribution in [0, 0.1) is 6.92 Å². The molecule has 1 aliphatic rings. The molecule has 15 heavy (non-hydrogen) atoms. The predicted octanol–water partition coefficient (Wildman–Crippen LogP) is 2.39. The zero-order valence-corrected chi connectivity index (χ0v) is 9.58. The number of nitrogens with two attached hydrogens (primary N) is 1. The Bertz CT molecular complexity index is 357. The van der Waals surface area contributed by atoms with Gasteiger partial charge in [-0.3, -0.25) is 9.78 Å². The van der Waals surface area contributed by atoms with Gasteiger partial charge in [0.1, 0.15) is 0 Å². The number of carbonyl (C=O) groups excluding carboxylic acids is 1. The Kier molecular flexibility index (Phi) is 3.83. The van der Waals surface area contributed by atoms with Gasteiger partial charge in [0.2, 0.25) is 5.91 Å². The molecule has 1 amide bonds. The molecule has 2 rings (SSSR count). The molecular weight excluding hydrogens is 188 g/mol. The largest absolute Gasteiger partial charge is 0.366 e. The zero-order chi connectivity index (χ0) is 11.4. The third-order valence-electron chi connectivity index (χ3n) is 2.43. The van der Waals surface area contributed by atoms with Crippen molar-refractivity contribution >= 4 is 5.91 Å². The maximum atomic E-state index is 10.9. The van der Waals surface area contributed by atoms with Gasteiger partial charge in [-0.05, 0) is 37.3 Å². The smallest absolute Gasteiger partial charge is 0.250 e. The molecule has 0 aromatic carbocycles. The van der Waals surface area contributed by atoms with E-state index >= 15 is 0 Å². The van der Waals surface area contributed by atoms with Crippen LogP contribution in [-0.4, -0.2) is 10.9 Å². The topological polar surface area (TPSA) is 56.0 Å². The fraction of sp³-hybridized carbons (Fsp3) is 0.500. The Morgan fingerprint density at radius 1 is 1.47 bits per heavy atom. The fourth-order valence-corrected chi connectivity index (χ4v) is 1.49. The zero-order valence-electron chi connectivity index (χ0n) is 9.58. The Hall–Kier alpha value is -1.38. The number of hydrogen-bond acceptors (Lipinski definition) is 2. The second-order valence-corrected chi connectivity index (χ2v) is 3.54. The van der Waals surface area contributed by atoms with E-state index in [2.05, 4.69) is 4.98 Å². The van der Waals surface area contributed by atoms with Crippen molar-refractivity contribution < 1.29 is 4.79 Å². The summed E-state index contributed by atoms with van der Waals surface area (Å²) in [7, 11) is 0. The van der Waals surface area contributed by atoms with E-state index in [9.17, 15) is 4.79 Å². The maximum absolute atomic E-state index is 10.9. The molecule has 1 aromatic heterocycles. The van der Waals surface area contributed by atoms with Crippen LogP contribution in [0.3, 0.4) is 0 Å². The Morgan fingerprint density at radius 2 is 2.07 bits per heavy atom. The molecule has 0 spiro atoms. The number of nitrogens with zero attached hydrogens (tertiary/aromatic N) is 1. The summed E-state index contributed by atoms with van der Waals surface area (Å²) in [6.07, 6.45) is 3.97. The highest BCUT2D eigenvalue weighted by Crippen LogP contribution is 2.41. The van der Waals surface area contributed by atoms with Gasteiger partial charge < -0.3 is 5.73 Å². The van der Waals surface area contributed by atoms with Crippen LogP contribution in [0.5, 0.6) is 0 Å². The Balaban J connectivity index is 0.000000531. The summed E-state index contributed by atoms with van der Waals surface area (Å²) >= 11 is 0. The molecule has 3 nitrogen and oxygen atoms in total. The van der Waals surface area contributed by atoms with E-state index in [1.807, 2.05) is 26.8 Å². The lowest BCUT2D eigenvalue weighted by molar-refractivity contribution is 0.1000. The lowest BCUT2D eigenvalue weighted by Crippen LogP contribution is -2.12. The SMILES string of the molecule is CC.Cc1ncc(C(N)=O)cc1C1CC1. The molecule has 1 fully saturated rings. The molecule has 1 aliphatic carbocycles.